The van der Waals surface area contributed by atoms with E-state index in [9.17, 15) is 9.59 Å². The molecule has 1 fully saturated rings. The Kier molecular flexibility index (Phi) is 6.47. The van der Waals surface area contributed by atoms with Gasteiger partial charge in [-0.15, -0.1) is 0 Å². The number of ether oxygens (including phenoxy) is 1. The smallest absolute Gasteiger partial charge is 0.409 e. The molecule has 0 spiro atoms. The number of rotatable bonds is 5. The highest BCUT2D eigenvalue weighted by Crippen LogP contribution is 2.16. The first-order valence-electron chi connectivity index (χ1n) is 9.54. The fourth-order valence-corrected chi connectivity index (χ4v) is 3.14. The molecule has 1 aromatic carbocycles. The lowest BCUT2D eigenvalue weighted by Crippen LogP contribution is -2.49. The number of anilines is 1. The quantitative estimate of drug-likeness (QED) is 0.860. The fourth-order valence-electron chi connectivity index (χ4n) is 3.14. The van der Waals surface area contributed by atoms with E-state index in [0.717, 1.165) is 16.8 Å². The summed E-state index contributed by atoms with van der Waals surface area (Å²) in [7, 11) is 0. The number of benzene rings is 1. The molecular weight excluding hydrogens is 356 g/mol. The Morgan fingerprint density at radius 2 is 1.86 bits per heavy atom. The average molecular weight is 382 g/mol. The number of aryl methyl sites for hydroxylation is 1. The molecule has 1 aromatic heterocycles. The van der Waals surface area contributed by atoms with Crippen LogP contribution in [0.4, 0.5) is 10.5 Å². The molecule has 148 valence electrons. The molecule has 0 unspecified atom stereocenters. The Morgan fingerprint density at radius 3 is 2.50 bits per heavy atom. The van der Waals surface area contributed by atoms with Gasteiger partial charge >= 0.3 is 6.09 Å². The van der Waals surface area contributed by atoms with E-state index < -0.39 is 0 Å². The largest absolute Gasteiger partial charge is 0.450 e. The summed E-state index contributed by atoms with van der Waals surface area (Å²) in [6, 6.07) is 11.6. The third kappa shape index (κ3) is 4.79. The van der Waals surface area contributed by atoms with E-state index in [1.54, 1.807) is 24.1 Å². The zero-order chi connectivity index (χ0) is 19.9. The number of aromatic nitrogens is 1. The molecule has 2 aromatic rings. The van der Waals surface area contributed by atoms with E-state index >= 15 is 0 Å². The second-order valence-corrected chi connectivity index (χ2v) is 6.68. The van der Waals surface area contributed by atoms with E-state index in [4.69, 9.17) is 4.74 Å². The highest BCUT2D eigenvalue weighted by Gasteiger charge is 2.22. The third-order valence-electron chi connectivity index (χ3n) is 4.85. The number of hydrogen-bond acceptors (Lipinski definition) is 5. The summed E-state index contributed by atoms with van der Waals surface area (Å²) in [4.78, 5) is 32.3. The third-order valence-corrected chi connectivity index (χ3v) is 4.85. The summed E-state index contributed by atoms with van der Waals surface area (Å²) in [5.74, 6) is -0.193. The highest BCUT2D eigenvalue weighted by atomic mass is 16.6. The maximum Gasteiger partial charge on any atom is 0.409 e. The fraction of sp³-hybridized carbons (Fsp3) is 0.381. The van der Waals surface area contributed by atoms with Gasteiger partial charge in [-0.25, -0.2) is 9.78 Å². The number of nitrogens with zero attached hydrogens (tertiary/aromatic N) is 3. The van der Waals surface area contributed by atoms with Crippen LogP contribution < -0.4 is 10.2 Å². The molecule has 1 aliphatic heterocycles. The maximum absolute atomic E-state index is 12.4. The van der Waals surface area contributed by atoms with Crippen LogP contribution >= 0.6 is 0 Å². The van der Waals surface area contributed by atoms with Gasteiger partial charge in [-0.1, -0.05) is 24.3 Å². The summed E-state index contributed by atoms with van der Waals surface area (Å²) in [6.45, 7) is 7.32. The van der Waals surface area contributed by atoms with Gasteiger partial charge in [0.1, 0.15) is 5.69 Å². The molecule has 3 rings (SSSR count). The van der Waals surface area contributed by atoms with Crippen LogP contribution in [-0.2, 0) is 11.3 Å². The molecule has 1 aliphatic rings. The van der Waals surface area contributed by atoms with E-state index in [1.807, 2.05) is 37.3 Å². The first kappa shape index (κ1) is 19.7. The molecule has 7 nitrogen and oxygen atoms in total. The van der Waals surface area contributed by atoms with Gasteiger partial charge in [-0.3, -0.25) is 4.79 Å². The van der Waals surface area contributed by atoms with Gasteiger partial charge in [0.15, 0.2) is 0 Å². The number of hydrogen-bond donors (Lipinski definition) is 1. The van der Waals surface area contributed by atoms with Crippen LogP contribution in [0.15, 0.2) is 42.6 Å². The number of piperazine rings is 1. The van der Waals surface area contributed by atoms with Crippen molar-refractivity contribution >= 4 is 17.7 Å². The number of amides is 2. The molecule has 0 bridgehead atoms. The second kappa shape index (κ2) is 9.21. The van der Waals surface area contributed by atoms with Crippen molar-refractivity contribution in [3.05, 3.63) is 59.4 Å². The van der Waals surface area contributed by atoms with Crippen molar-refractivity contribution < 1.29 is 14.3 Å². The van der Waals surface area contributed by atoms with E-state index in [0.29, 0.717) is 45.0 Å². The minimum Gasteiger partial charge on any atom is -0.450 e. The predicted octanol–water partition coefficient (Wildman–Crippen LogP) is 2.60. The van der Waals surface area contributed by atoms with Crippen molar-refractivity contribution in [3.8, 4) is 0 Å². The average Bonchev–Trinajstić information content (AvgIpc) is 2.73. The Hall–Kier alpha value is -3.09. The number of pyridine rings is 1. The molecule has 0 atom stereocenters. The van der Waals surface area contributed by atoms with Crippen molar-refractivity contribution in [2.75, 3.05) is 37.7 Å². The van der Waals surface area contributed by atoms with E-state index in [2.05, 4.69) is 15.2 Å². The van der Waals surface area contributed by atoms with E-state index in [-0.39, 0.29) is 12.0 Å². The molecule has 0 saturated carbocycles. The lowest BCUT2D eigenvalue weighted by molar-refractivity contribution is 0.0945. The van der Waals surface area contributed by atoms with Crippen LogP contribution in [0.2, 0.25) is 0 Å². The molecule has 7 heteroatoms. The van der Waals surface area contributed by atoms with Crippen molar-refractivity contribution in [3.63, 3.8) is 0 Å². The van der Waals surface area contributed by atoms with Crippen LogP contribution in [-0.4, -0.2) is 54.7 Å². The SMILES string of the molecule is CCOC(=O)N1CCN(c2ccc(C(=O)NCc3ccccc3C)nc2)CC1. The minimum absolute atomic E-state index is 0.193. The van der Waals surface area contributed by atoms with Gasteiger partial charge in [-0.05, 0) is 37.1 Å². The monoisotopic (exact) mass is 382 g/mol. The molecular formula is C21H26N4O3. The molecule has 28 heavy (non-hydrogen) atoms. The van der Waals surface area contributed by atoms with Crippen molar-refractivity contribution in [2.24, 2.45) is 0 Å². The van der Waals surface area contributed by atoms with Gasteiger partial charge in [0.25, 0.3) is 5.91 Å². The van der Waals surface area contributed by atoms with Crippen LogP contribution in [0.5, 0.6) is 0 Å². The predicted molar refractivity (Wildman–Crippen MR) is 107 cm³/mol. The van der Waals surface area contributed by atoms with Crippen LogP contribution in [0.3, 0.4) is 0 Å². The Labute approximate surface area is 165 Å². The lowest BCUT2D eigenvalue weighted by atomic mass is 10.1. The zero-order valence-corrected chi connectivity index (χ0v) is 16.4. The van der Waals surface area contributed by atoms with Crippen molar-refractivity contribution in [2.45, 2.75) is 20.4 Å². The Bertz CT molecular complexity index is 815. The maximum atomic E-state index is 12.4. The molecule has 2 amide bonds. The van der Waals surface area contributed by atoms with Crippen molar-refractivity contribution in [1.82, 2.24) is 15.2 Å². The van der Waals surface area contributed by atoms with Crippen LogP contribution in [0.25, 0.3) is 0 Å². The number of carbonyl (C=O) groups is 2. The topological polar surface area (TPSA) is 74.8 Å². The summed E-state index contributed by atoms with van der Waals surface area (Å²) >= 11 is 0. The number of nitrogens with one attached hydrogen (secondary N) is 1. The summed E-state index contributed by atoms with van der Waals surface area (Å²) in [5, 5.41) is 2.91. The van der Waals surface area contributed by atoms with Crippen molar-refractivity contribution in [1.29, 1.82) is 0 Å². The van der Waals surface area contributed by atoms with Gasteiger partial charge in [0, 0.05) is 32.7 Å². The highest BCUT2D eigenvalue weighted by molar-refractivity contribution is 5.92. The first-order chi connectivity index (χ1) is 13.6. The minimum atomic E-state index is -0.263. The van der Waals surface area contributed by atoms with Crippen LogP contribution in [0.1, 0.15) is 28.5 Å². The van der Waals surface area contributed by atoms with Crippen LogP contribution in [0, 0.1) is 6.92 Å². The molecule has 0 radical (unpaired) electrons. The molecule has 1 saturated heterocycles. The van der Waals surface area contributed by atoms with E-state index in [1.165, 1.54) is 0 Å². The zero-order valence-electron chi connectivity index (χ0n) is 16.4. The standard InChI is InChI=1S/C21H26N4O3/c1-3-28-21(27)25-12-10-24(11-13-25)18-8-9-19(22-15-18)20(26)23-14-17-7-5-4-6-16(17)2/h4-9,15H,3,10-14H2,1-2H3,(H,23,26). The first-order valence-corrected chi connectivity index (χ1v) is 9.54. The van der Waals surface area contributed by atoms with Gasteiger partial charge in [0.2, 0.25) is 0 Å². The Morgan fingerprint density at radius 1 is 1.11 bits per heavy atom. The molecule has 1 N–H and O–H groups in total. The van der Waals surface area contributed by atoms with Gasteiger partial charge < -0.3 is 19.9 Å². The molecule has 2 heterocycles. The normalized spacial score (nSPS) is 13.9. The summed E-state index contributed by atoms with van der Waals surface area (Å²) < 4.78 is 5.04. The van der Waals surface area contributed by atoms with Gasteiger partial charge in [-0.2, -0.15) is 0 Å². The second-order valence-electron chi connectivity index (χ2n) is 6.68. The molecule has 0 aliphatic carbocycles. The summed E-state index contributed by atoms with van der Waals surface area (Å²) in [5.41, 5.74) is 3.57. The lowest BCUT2D eigenvalue weighted by Gasteiger charge is -2.35. The van der Waals surface area contributed by atoms with Gasteiger partial charge in [0.05, 0.1) is 18.5 Å². The number of carbonyl (C=O) groups excluding carboxylic acids is 2. The summed E-state index contributed by atoms with van der Waals surface area (Å²) in [6.07, 6.45) is 1.45. The Balaban J connectivity index is 1.53.